The highest BCUT2D eigenvalue weighted by Gasteiger charge is 2.33. The van der Waals surface area contributed by atoms with Gasteiger partial charge in [-0.3, -0.25) is 19.5 Å². The Hall–Kier alpha value is -3.27. The van der Waals surface area contributed by atoms with E-state index in [1.54, 1.807) is 51.1 Å². The molecule has 3 aromatic rings. The molecule has 180 valence electrons. The van der Waals surface area contributed by atoms with Gasteiger partial charge in [-0.25, -0.2) is 9.79 Å². The minimum Gasteiger partial charge on any atom is -0.459 e. The van der Waals surface area contributed by atoms with Crippen molar-refractivity contribution < 1.29 is 14.5 Å². The number of allylic oxidation sites excluding steroid dienone is 1. The van der Waals surface area contributed by atoms with E-state index in [2.05, 4.69) is 4.99 Å². The lowest BCUT2D eigenvalue weighted by atomic mass is 9.96. The molecule has 1 unspecified atom stereocenters. The SMILES string of the molecule is CC1=C(C(=O)OC(C)C)C(c2ccc(Cl)cc2)n2c(sc(=Cc3ccc(Cl)c([N+](=O)[O-])c3)c2=O)=N1. The van der Waals surface area contributed by atoms with Crippen LogP contribution in [-0.2, 0) is 9.53 Å². The molecule has 4 rings (SSSR count). The van der Waals surface area contributed by atoms with E-state index in [4.69, 9.17) is 27.9 Å². The zero-order valence-corrected chi connectivity index (χ0v) is 21.1. The zero-order valence-electron chi connectivity index (χ0n) is 18.8. The first-order chi connectivity index (χ1) is 16.6. The topological polar surface area (TPSA) is 104 Å². The molecule has 0 amide bonds. The van der Waals surface area contributed by atoms with Crippen molar-refractivity contribution >= 4 is 52.3 Å². The predicted octanol–water partition coefficient (Wildman–Crippen LogP) is 4.40. The number of fused-ring (bicyclic) bond motifs is 1. The fourth-order valence-corrected chi connectivity index (χ4v) is 5.09. The molecular formula is C24H19Cl2N3O5S. The number of hydrogen-bond donors (Lipinski definition) is 0. The molecule has 0 spiro atoms. The summed E-state index contributed by atoms with van der Waals surface area (Å²) in [7, 11) is 0. The number of nitrogens with zero attached hydrogens (tertiary/aromatic N) is 3. The summed E-state index contributed by atoms with van der Waals surface area (Å²) in [6.07, 6.45) is 1.18. The highest BCUT2D eigenvalue weighted by molar-refractivity contribution is 7.07. The van der Waals surface area contributed by atoms with Gasteiger partial charge in [0.25, 0.3) is 11.2 Å². The van der Waals surface area contributed by atoms with E-state index >= 15 is 0 Å². The van der Waals surface area contributed by atoms with E-state index < -0.39 is 22.5 Å². The smallest absolute Gasteiger partial charge is 0.338 e. The summed E-state index contributed by atoms with van der Waals surface area (Å²) in [5, 5.41) is 11.8. The number of rotatable bonds is 5. The molecule has 0 bridgehead atoms. The lowest BCUT2D eigenvalue weighted by molar-refractivity contribution is -0.384. The molecule has 0 saturated carbocycles. The molecule has 2 heterocycles. The van der Waals surface area contributed by atoms with Crippen LogP contribution in [-0.4, -0.2) is 21.6 Å². The van der Waals surface area contributed by atoms with Gasteiger partial charge in [0.2, 0.25) is 0 Å². The van der Waals surface area contributed by atoms with Crippen LogP contribution >= 0.6 is 34.5 Å². The number of esters is 1. The number of thiazole rings is 1. The maximum Gasteiger partial charge on any atom is 0.338 e. The van der Waals surface area contributed by atoms with Crippen LogP contribution in [0.2, 0.25) is 10.0 Å². The van der Waals surface area contributed by atoms with Gasteiger partial charge in [0, 0.05) is 11.1 Å². The maximum atomic E-state index is 13.6. The Bertz CT molecular complexity index is 1560. The van der Waals surface area contributed by atoms with Crippen molar-refractivity contribution in [1.29, 1.82) is 0 Å². The predicted molar refractivity (Wildman–Crippen MR) is 135 cm³/mol. The molecule has 1 atom stereocenters. The summed E-state index contributed by atoms with van der Waals surface area (Å²) in [5.41, 5.74) is 1.13. The number of carbonyl (C=O) groups excluding carboxylic acids is 1. The normalized spacial score (nSPS) is 15.7. The van der Waals surface area contributed by atoms with E-state index in [9.17, 15) is 19.7 Å². The largest absolute Gasteiger partial charge is 0.459 e. The van der Waals surface area contributed by atoms with E-state index in [-0.39, 0.29) is 22.4 Å². The minimum absolute atomic E-state index is 0.000259. The minimum atomic E-state index is -0.781. The van der Waals surface area contributed by atoms with Gasteiger partial charge in [0.15, 0.2) is 4.80 Å². The zero-order chi connectivity index (χ0) is 25.4. The van der Waals surface area contributed by atoms with E-state index in [0.717, 1.165) is 11.3 Å². The van der Waals surface area contributed by atoms with Crippen LogP contribution in [0.5, 0.6) is 0 Å². The molecule has 0 N–H and O–H groups in total. The van der Waals surface area contributed by atoms with Crippen LogP contribution in [0.4, 0.5) is 5.69 Å². The summed E-state index contributed by atoms with van der Waals surface area (Å²) in [5.74, 6) is -0.566. The third-order valence-electron chi connectivity index (χ3n) is 5.23. The van der Waals surface area contributed by atoms with Crippen molar-refractivity contribution in [1.82, 2.24) is 4.57 Å². The van der Waals surface area contributed by atoms with Crippen LogP contribution in [0, 0.1) is 10.1 Å². The standard InChI is InChI=1S/C24H19Cl2N3O5S/c1-12(2)34-23(31)20-13(3)27-24-28(21(20)15-5-7-16(25)8-6-15)22(30)19(35-24)11-14-4-9-17(26)18(10-14)29(32)33/h4-12,21H,1-3H3. The number of nitro groups is 1. The van der Waals surface area contributed by atoms with Crippen molar-refractivity contribution in [3.63, 3.8) is 0 Å². The fraction of sp³-hybridized carbons (Fsp3) is 0.208. The number of ether oxygens (including phenoxy) is 1. The van der Waals surface area contributed by atoms with Crippen molar-refractivity contribution in [2.75, 3.05) is 0 Å². The van der Waals surface area contributed by atoms with Gasteiger partial charge in [-0.1, -0.05) is 52.7 Å². The molecule has 35 heavy (non-hydrogen) atoms. The second kappa shape index (κ2) is 9.77. The van der Waals surface area contributed by atoms with Crippen LogP contribution < -0.4 is 14.9 Å². The Morgan fingerprint density at radius 3 is 2.54 bits per heavy atom. The van der Waals surface area contributed by atoms with Crippen molar-refractivity contribution in [3.8, 4) is 0 Å². The second-order valence-electron chi connectivity index (χ2n) is 8.06. The highest BCUT2D eigenvalue weighted by atomic mass is 35.5. The second-order valence-corrected chi connectivity index (χ2v) is 9.91. The van der Waals surface area contributed by atoms with E-state index in [1.807, 2.05) is 0 Å². The number of benzene rings is 2. The quantitative estimate of drug-likeness (QED) is 0.275. The van der Waals surface area contributed by atoms with Gasteiger partial charge in [-0.15, -0.1) is 0 Å². The first-order valence-electron chi connectivity index (χ1n) is 10.5. The third-order valence-corrected chi connectivity index (χ3v) is 6.79. The van der Waals surface area contributed by atoms with Gasteiger partial charge in [0.05, 0.1) is 32.9 Å². The Balaban J connectivity index is 1.93. The number of hydrogen-bond acceptors (Lipinski definition) is 7. The lowest BCUT2D eigenvalue weighted by Crippen LogP contribution is -2.40. The number of nitro benzene ring substituents is 1. The first kappa shape index (κ1) is 24.8. The molecule has 8 nitrogen and oxygen atoms in total. The average Bonchev–Trinajstić information content (AvgIpc) is 3.08. The fourth-order valence-electron chi connectivity index (χ4n) is 3.73. The Labute approximate surface area is 213 Å². The Morgan fingerprint density at radius 2 is 1.91 bits per heavy atom. The van der Waals surface area contributed by atoms with Crippen molar-refractivity contribution in [2.45, 2.75) is 32.9 Å². The van der Waals surface area contributed by atoms with Gasteiger partial charge in [0.1, 0.15) is 5.02 Å². The molecule has 2 aromatic carbocycles. The van der Waals surface area contributed by atoms with Gasteiger partial charge < -0.3 is 4.74 Å². The molecule has 0 fully saturated rings. The molecule has 0 radical (unpaired) electrons. The van der Waals surface area contributed by atoms with Crippen LogP contribution in [0.25, 0.3) is 6.08 Å². The summed E-state index contributed by atoms with van der Waals surface area (Å²) < 4.78 is 7.20. The van der Waals surface area contributed by atoms with E-state index in [0.29, 0.717) is 31.2 Å². The van der Waals surface area contributed by atoms with Gasteiger partial charge in [-0.05, 0) is 56.2 Å². The molecular weight excluding hydrogens is 513 g/mol. The third kappa shape index (κ3) is 4.93. The summed E-state index contributed by atoms with van der Waals surface area (Å²) in [6.45, 7) is 5.18. The first-order valence-corrected chi connectivity index (χ1v) is 12.1. The molecule has 1 aliphatic heterocycles. The highest BCUT2D eigenvalue weighted by Crippen LogP contribution is 2.31. The molecule has 0 aliphatic carbocycles. The molecule has 11 heteroatoms. The van der Waals surface area contributed by atoms with Crippen molar-refractivity contribution in [2.24, 2.45) is 4.99 Å². The lowest BCUT2D eigenvalue weighted by Gasteiger charge is -2.25. The maximum absolute atomic E-state index is 13.6. The van der Waals surface area contributed by atoms with Crippen molar-refractivity contribution in [3.05, 3.63) is 105 Å². The monoisotopic (exact) mass is 531 g/mol. The molecule has 1 aliphatic rings. The number of carbonyl (C=O) groups is 1. The molecule has 1 aromatic heterocycles. The number of aromatic nitrogens is 1. The van der Waals surface area contributed by atoms with Crippen LogP contribution in [0.15, 0.2) is 63.5 Å². The number of halogens is 2. The summed E-state index contributed by atoms with van der Waals surface area (Å²) >= 11 is 13.1. The Kier molecular flexibility index (Phi) is 6.93. The van der Waals surface area contributed by atoms with Gasteiger partial charge in [-0.2, -0.15) is 0 Å². The van der Waals surface area contributed by atoms with E-state index in [1.165, 1.54) is 22.8 Å². The Morgan fingerprint density at radius 1 is 1.23 bits per heavy atom. The van der Waals surface area contributed by atoms with Gasteiger partial charge >= 0.3 is 5.97 Å². The van der Waals surface area contributed by atoms with Crippen LogP contribution in [0.3, 0.4) is 0 Å². The summed E-state index contributed by atoms with van der Waals surface area (Å²) in [6, 6.07) is 10.4. The summed E-state index contributed by atoms with van der Waals surface area (Å²) in [4.78, 5) is 42.2. The molecule has 0 saturated heterocycles. The average molecular weight is 532 g/mol. The van der Waals surface area contributed by atoms with Crippen LogP contribution in [0.1, 0.15) is 37.9 Å².